The van der Waals surface area contributed by atoms with Gasteiger partial charge in [-0.15, -0.1) is 0 Å². The molecule has 0 aromatic heterocycles. The Morgan fingerprint density at radius 3 is 2.71 bits per heavy atom. The van der Waals surface area contributed by atoms with Crippen molar-refractivity contribution >= 4 is 0 Å². The Morgan fingerprint density at radius 1 is 1.57 bits per heavy atom. The first-order valence-electron chi connectivity index (χ1n) is 3.02. The molecule has 0 saturated heterocycles. The van der Waals surface area contributed by atoms with Crippen molar-refractivity contribution in [1.82, 2.24) is 0 Å². The summed E-state index contributed by atoms with van der Waals surface area (Å²) in [5.41, 5.74) is 0. The third-order valence-electron chi connectivity index (χ3n) is 1.50. The van der Waals surface area contributed by atoms with Crippen LogP contribution in [0, 0.1) is 12.3 Å². The van der Waals surface area contributed by atoms with E-state index in [-0.39, 0.29) is 0 Å². The van der Waals surface area contributed by atoms with Gasteiger partial charge in [-0.25, -0.2) is 0 Å². The van der Waals surface area contributed by atoms with Crippen molar-refractivity contribution < 1.29 is 0 Å². The van der Waals surface area contributed by atoms with Crippen molar-refractivity contribution in [1.29, 1.82) is 0 Å². The second kappa shape index (κ2) is 2.34. The fourth-order valence-electron chi connectivity index (χ4n) is 0.999. The first-order chi connectivity index (χ1) is 3.39. The van der Waals surface area contributed by atoms with E-state index in [1.54, 1.807) is 5.92 Å². The predicted octanol–water partition coefficient (Wildman–Crippen LogP) is 2.36. The summed E-state index contributed by atoms with van der Waals surface area (Å²) in [4.78, 5) is 0. The molecular formula is C7H12. The molecule has 40 valence electrons. The number of hydrogen-bond donors (Lipinski definition) is 0. The first kappa shape index (κ1) is 5.14. The van der Waals surface area contributed by atoms with Crippen LogP contribution in [0.5, 0.6) is 0 Å². The molecule has 0 heteroatoms. The molecular weight excluding hydrogens is 84.1 g/mol. The van der Waals surface area contributed by atoms with Crippen molar-refractivity contribution in [2.75, 3.05) is 0 Å². The molecule has 0 amide bonds. The zero-order chi connectivity index (χ0) is 5.11. The molecule has 0 aromatic carbocycles. The highest BCUT2D eigenvalue weighted by Crippen LogP contribution is 2.23. The van der Waals surface area contributed by atoms with Gasteiger partial charge in [0.15, 0.2) is 0 Å². The van der Waals surface area contributed by atoms with Gasteiger partial charge in [0.1, 0.15) is 0 Å². The molecule has 0 aliphatic heterocycles. The third kappa shape index (κ3) is 1.50. The normalized spacial score (nSPS) is 25.3. The van der Waals surface area contributed by atoms with E-state index in [0.29, 0.717) is 0 Å². The molecule has 0 unspecified atom stereocenters. The predicted molar refractivity (Wildman–Crippen MR) is 31.7 cm³/mol. The van der Waals surface area contributed by atoms with Gasteiger partial charge in [-0.2, -0.15) is 0 Å². The van der Waals surface area contributed by atoms with E-state index < -0.39 is 0 Å². The van der Waals surface area contributed by atoms with Gasteiger partial charge in [-0.05, 0) is 25.2 Å². The lowest BCUT2D eigenvalue weighted by molar-refractivity contribution is 0.630. The van der Waals surface area contributed by atoms with E-state index in [2.05, 4.69) is 13.3 Å². The second-order valence-electron chi connectivity index (χ2n) is 2.34. The average molecular weight is 96.2 g/mol. The largest absolute Gasteiger partial charge is 0.0591 e. The molecule has 1 rings (SSSR count). The molecule has 0 nitrogen and oxygen atoms in total. The van der Waals surface area contributed by atoms with Crippen molar-refractivity contribution in [3.05, 3.63) is 12.3 Å². The SMILES string of the molecule is C[C]1C[CH]CCC1. The molecule has 0 spiro atoms. The summed E-state index contributed by atoms with van der Waals surface area (Å²) in [5, 5.41) is 0. The molecule has 0 heterocycles. The summed E-state index contributed by atoms with van der Waals surface area (Å²) < 4.78 is 0. The Morgan fingerprint density at radius 2 is 2.43 bits per heavy atom. The zero-order valence-corrected chi connectivity index (χ0v) is 4.91. The topological polar surface area (TPSA) is 0 Å². The highest BCUT2D eigenvalue weighted by atomic mass is 14.1. The fraction of sp³-hybridized carbons (Fsp3) is 0.714. The zero-order valence-electron chi connectivity index (χ0n) is 4.91. The molecule has 0 N–H and O–H groups in total. The van der Waals surface area contributed by atoms with Gasteiger partial charge in [0.05, 0.1) is 0 Å². The minimum atomic E-state index is 1.28. The van der Waals surface area contributed by atoms with E-state index in [0.717, 1.165) is 0 Å². The standard InChI is InChI=1S/C7H12/c1-7-5-3-2-4-6-7/h3H,2,4-6H2,1H3. The molecule has 1 fully saturated rings. The molecule has 7 heavy (non-hydrogen) atoms. The smallest absolute Gasteiger partial charge is 0.0269 e. The Labute approximate surface area is 45.9 Å². The molecule has 1 saturated carbocycles. The Bertz CT molecular complexity index is 42.0. The summed E-state index contributed by atoms with van der Waals surface area (Å²) in [6.45, 7) is 2.25. The van der Waals surface area contributed by atoms with Gasteiger partial charge in [-0.1, -0.05) is 19.8 Å². The lowest BCUT2D eigenvalue weighted by atomic mass is 9.91. The van der Waals surface area contributed by atoms with Gasteiger partial charge in [0.2, 0.25) is 0 Å². The molecule has 1 aliphatic carbocycles. The van der Waals surface area contributed by atoms with Crippen LogP contribution in [0.2, 0.25) is 0 Å². The summed E-state index contributed by atoms with van der Waals surface area (Å²) in [5.74, 6) is 1.66. The summed E-state index contributed by atoms with van der Waals surface area (Å²) in [7, 11) is 0. The van der Waals surface area contributed by atoms with Crippen molar-refractivity contribution in [2.45, 2.75) is 32.6 Å². The Hall–Kier alpha value is 0. The summed E-state index contributed by atoms with van der Waals surface area (Å²) >= 11 is 0. The lowest BCUT2D eigenvalue weighted by Crippen LogP contribution is -1.98. The minimum Gasteiger partial charge on any atom is -0.0591 e. The highest BCUT2D eigenvalue weighted by Gasteiger charge is 2.06. The van der Waals surface area contributed by atoms with E-state index in [4.69, 9.17) is 0 Å². The van der Waals surface area contributed by atoms with E-state index in [1.807, 2.05) is 0 Å². The van der Waals surface area contributed by atoms with Crippen molar-refractivity contribution in [3.8, 4) is 0 Å². The van der Waals surface area contributed by atoms with Crippen LogP contribution in [0.4, 0.5) is 0 Å². The highest BCUT2D eigenvalue weighted by molar-refractivity contribution is 4.94. The van der Waals surface area contributed by atoms with E-state index >= 15 is 0 Å². The van der Waals surface area contributed by atoms with Gasteiger partial charge in [0.25, 0.3) is 0 Å². The first-order valence-corrected chi connectivity index (χ1v) is 3.02. The minimum absolute atomic E-state index is 1.28. The van der Waals surface area contributed by atoms with Crippen molar-refractivity contribution in [2.24, 2.45) is 0 Å². The fourth-order valence-corrected chi connectivity index (χ4v) is 0.999. The Kier molecular flexibility index (Phi) is 1.72. The average Bonchev–Trinajstić information content (AvgIpc) is 1.69. The molecule has 0 atom stereocenters. The molecule has 0 aromatic rings. The number of rotatable bonds is 0. The molecule has 0 bridgehead atoms. The second-order valence-corrected chi connectivity index (χ2v) is 2.34. The monoisotopic (exact) mass is 96.1 g/mol. The maximum Gasteiger partial charge on any atom is -0.0269 e. The van der Waals surface area contributed by atoms with Crippen LogP contribution in [-0.2, 0) is 0 Å². The van der Waals surface area contributed by atoms with Gasteiger partial charge < -0.3 is 0 Å². The summed E-state index contributed by atoms with van der Waals surface area (Å²) in [6, 6.07) is 0. The quantitative estimate of drug-likeness (QED) is 0.434. The maximum absolute atomic E-state index is 2.37. The van der Waals surface area contributed by atoms with Crippen LogP contribution < -0.4 is 0 Å². The van der Waals surface area contributed by atoms with Gasteiger partial charge in [0, 0.05) is 0 Å². The third-order valence-corrected chi connectivity index (χ3v) is 1.50. The van der Waals surface area contributed by atoms with Crippen LogP contribution >= 0.6 is 0 Å². The van der Waals surface area contributed by atoms with Crippen LogP contribution in [0.15, 0.2) is 0 Å². The lowest BCUT2D eigenvalue weighted by Gasteiger charge is -2.14. The van der Waals surface area contributed by atoms with Crippen LogP contribution in [-0.4, -0.2) is 0 Å². The van der Waals surface area contributed by atoms with Crippen LogP contribution in [0.1, 0.15) is 32.6 Å². The summed E-state index contributed by atoms with van der Waals surface area (Å²) in [6.07, 6.45) is 7.76. The molecule has 1 aliphatic rings. The maximum atomic E-state index is 2.37. The van der Waals surface area contributed by atoms with Gasteiger partial charge in [-0.3, -0.25) is 0 Å². The van der Waals surface area contributed by atoms with E-state index in [9.17, 15) is 0 Å². The van der Waals surface area contributed by atoms with Crippen molar-refractivity contribution in [3.63, 3.8) is 0 Å². The van der Waals surface area contributed by atoms with Gasteiger partial charge >= 0.3 is 0 Å². The Balaban J connectivity index is 2.12. The molecule has 2 radical (unpaired) electrons. The van der Waals surface area contributed by atoms with Crippen LogP contribution in [0.25, 0.3) is 0 Å². The number of hydrogen-bond acceptors (Lipinski definition) is 0. The van der Waals surface area contributed by atoms with E-state index in [1.165, 1.54) is 25.7 Å². The van der Waals surface area contributed by atoms with Crippen LogP contribution in [0.3, 0.4) is 0 Å².